The van der Waals surface area contributed by atoms with Crippen LogP contribution in [0.15, 0.2) is 109 Å². The van der Waals surface area contributed by atoms with Crippen LogP contribution in [-0.2, 0) is 18.4 Å². The van der Waals surface area contributed by atoms with Gasteiger partial charge >= 0.3 is 7.82 Å². The Hall–Kier alpha value is -2.84. The van der Waals surface area contributed by atoms with Crippen molar-refractivity contribution >= 4 is 13.7 Å². The van der Waals surface area contributed by atoms with E-state index in [1.165, 1.54) is 173 Å². The van der Waals surface area contributed by atoms with Crippen LogP contribution in [0.25, 0.3) is 0 Å². The SMILES string of the molecule is CC/C=C\C/C=C\C/C=C\C/C=C\C/C=C\C/C=C\C/C=C\CCCCCCCCCCCCCCCC(=O)NC(COP(=O)(O)OCC[N+](C)(C)C)C(O)/C=C/CC/C=C/CCCCCCCCCCCCCCCCCC. The van der Waals surface area contributed by atoms with Gasteiger partial charge in [0, 0.05) is 6.42 Å². The van der Waals surface area contributed by atoms with Gasteiger partial charge in [0.2, 0.25) is 5.91 Å². The van der Waals surface area contributed by atoms with Gasteiger partial charge in [-0.2, -0.15) is 0 Å². The lowest BCUT2D eigenvalue weighted by atomic mass is 10.0. The van der Waals surface area contributed by atoms with E-state index in [-0.39, 0.29) is 19.1 Å². The minimum Gasteiger partial charge on any atom is -0.387 e. The van der Waals surface area contributed by atoms with Crippen molar-refractivity contribution in [1.29, 1.82) is 0 Å². The zero-order valence-electron chi connectivity index (χ0n) is 52.1. The van der Waals surface area contributed by atoms with E-state index in [0.29, 0.717) is 17.4 Å². The minimum absolute atomic E-state index is 0.0521. The molecule has 0 aliphatic rings. The van der Waals surface area contributed by atoms with Crippen molar-refractivity contribution in [2.75, 3.05) is 40.9 Å². The zero-order chi connectivity index (χ0) is 57.7. The van der Waals surface area contributed by atoms with Crippen molar-refractivity contribution in [2.24, 2.45) is 0 Å². The van der Waals surface area contributed by atoms with E-state index in [1.54, 1.807) is 6.08 Å². The second-order valence-electron chi connectivity index (χ2n) is 23.1. The molecule has 0 saturated heterocycles. The van der Waals surface area contributed by atoms with Gasteiger partial charge in [-0.15, -0.1) is 0 Å². The van der Waals surface area contributed by atoms with Gasteiger partial charge in [-0.25, -0.2) is 4.57 Å². The monoisotopic (exact) mass is 1120 g/mol. The van der Waals surface area contributed by atoms with Crippen LogP contribution >= 0.6 is 7.82 Å². The third-order valence-electron chi connectivity index (χ3n) is 14.2. The third-order valence-corrected chi connectivity index (χ3v) is 15.2. The van der Waals surface area contributed by atoms with Gasteiger partial charge in [-0.1, -0.05) is 290 Å². The van der Waals surface area contributed by atoms with Crippen LogP contribution in [0, 0.1) is 0 Å². The van der Waals surface area contributed by atoms with Gasteiger partial charge in [0.05, 0.1) is 39.9 Å². The molecule has 0 fully saturated rings. The summed E-state index contributed by atoms with van der Waals surface area (Å²) in [7, 11) is 1.55. The number of aliphatic hydroxyl groups excluding tert-OH is 1. The molecule has 9 heteroatoms. The molecule has 0 aromatic heterocycles. The highest BCUT2D eigenvalue weighted by atomic mass is 31.2. The fourth-order valence-electron chi connectivity index (χ4n) is 9.16. The molecule has 0 aromatic rings. The van der Waals surface area contributed by atoms with Gasteiger partial charge in [-0.3, -0.25) is 13.8 Å². The number of nitrogens with zero attached hydrogens (tertiary/aromatic N) is 1. The molecule has 0 saturated carbocycles. The largest absolute Gasteiger partial charge is 0.472 e. The van der Waals surface area contributed by atoms with Crippen molar-refractivity contribution in [3.63, 3.8) is 0 Å². The number of aliphatic hydroxyl groups is 1. The van der Waals surface area contributed by atoms with E-state index in [1.807, 2.05) is 27.2 Å². The number of carbonyl (C=O) groups excluding carboxylic acids is 1. The normalized spacial score (nSPS) is 14.5. The van der Waals surface area contributed by atoms with E-state index in [0.717, 1.165) is 83.5 Å². The summed E-state index contributed by atoms with van der Waals surface area (Å²) in [5, 5.41) is 14.0. The van der Waals surface area contributed by atoms with Gasteiger partial charge < -0.3 is 19.8 Å². The Balaban J connectivity index is 4.15. The molecular formula is C70H126N2O6P+. The van der Waals surface area contributed by atoms with E-state index in [2.05, 4.69) is 116 Å². The summed E-state index contributed by atoms with van der Waals surface area (Å²) < 4.78 is 23.8. The van der Waals surface area contributed by atoms with Crippen molar-refractivity contribution < 1.29 is 32.9 Å². The molecule has 8 nitrogen and oxygen atoms in total. The average Bonchev–Trinajstić information content (AvgIpc) is 3.42. The summed E-state index contributed by atoms with van der Waals surface area (Å²) in [6.45, 7) is 4.70. The first-order valence-electron chi connectivity index (χ1n) is 32.8. The summed E-state index contributed by atoms with van der Waals surface area (Å²) in [5.41, 5.74) is 0. The van der Waals surface area contributed by atoms with Gasteiger partial charge in [0.25, 0.3) is 0 Å². The molecule has 79 heavy (non-hydrogen) atoms. The maximum Gasteiger partial charge on any atom is 0.472 e. The minimum atomic E-state index is -4.37. The molecular weight excluding hydrogens is 996 g/mol. The van der Waals surface area contributed by atoms with Crippen LogP contribution in [0.2, 0.25) is 0 Å². The van der Waals surface area contributed by atoms with E-state index < -0.39 is 20.0 Å². The number of hydrogen-bond donors (Lipinski definition) is 3. The fourth-order valence-corrected chi connectivity index (χ4v) is 9.89. The topological polar surface area (TPSA) is 105 Å². The second kappa shape index (κ2) is 59.8. The summed E-state index contributed by atoms with van der Waals surface area (Å²) in [5.74, 6) is -0.190. The molecule has 0 rings (SSSR count). The van der Waals surface area contributed by atoms with E-state index in [9.17, 15) is 19.4 Å². The highest BCUT2D eigenvalue weighted by molar-refractivity contribution is 7.47. The number of hydrogen-bond acceptors (Lipinski definition) is 5. The number of quaternary nitrogens is 1. The maximum absolute atomic E-state index is 13.0. The van der Waals surface area contributed by atoms with Crippen LogP contribution in [0.3, 0.4) is 0 Å². The Morgan fingerprint density at radius 1 is 0.443 bits per heavy atom. The number of allylic oxidation sites excluding steroid dienone is 17. The molecule has 0 spiro atoms. The quantitative estimate of drug-likeness (QED) is 0.0243. The Labute approximate surface area is 489 Å². The fraction of sp³-hybridized carbons (Fsp3) is 0.729. The highest BCUT2D eigenvalue weighted by Crippen LogP contribution is 2.43. The van der Waals surface area contributed by atoms with E-state index >= 15 is 0 Å². The Kier molecular flexibility index (Phi) is 57.6. The maximum atomic E-state index is 13.0. The number of amides is 1. The molecule has 0 aromatic carbocycles. The van der Waals surface area contributed by atoms with Crippen molar-refractivity contribution in [2.45, 2.75) is 289 Å². The second-order valence-corrected chi connectivity index (χ2v) is 24.6. The highest BCUT2D eigenvalue weighted by Gasteiger charge is 2.27. The first-order chi connectivity index (χ1) is 38.5. The molecule has 0 aliphatic carbocycles. The zero-order valence-corrected chi connectivity index (χ0v) is 53.0. The number of unbranched alkanes of at least 4 members (excludes halogenated alkanes) is 30. The van der Waals surface area contributed by atoms with Crippen LogP contribution in [-0.4, -0.2) is 73.4 Å². The molecule has 0 radical (unpaired) electrons. The van der Waals surface area contributed by atoms with Crippen LogP contribution in [0.1, 0.15) is 277 Å². The molecule has 0 heterocycles. The Morgan fingerprint density at radius 2 is 0.772 bits per heavy atom. The summed E-state index contributed by atoms with van der Waals surface area (Å²) in [4.78, 5) is 23.4. The number of nitrogens with one attached hydrogen (secondary N) is 1. The van der Waals surface area contributed by atoms with E-state index in [4.69, 9.17) is 9.05 Å². The standard InChI is InChI=1S/C70H125N2O6P/c1-6-8-10-12-14-16-18-20-22-24-26-28-30-31-32-33-34-35-36-37-38-39-40-41-42-44-46-48-50-52-54-56-58-60-62-64-70(74)71-68(67-78-79(75,76)77-66-65-72(3,4)5)69(73)63-61-59-57-55-53-51-49-47-45-43-29-27-25-23-21-19-17-15-13-11-9-7-2/h8,10,14,16,20,22,26,28,31-32,34-35,37-38,53,55,61,63,68-69,73H,6-7,9,11-13,15,17-19,21,23-25,27,29-30,33,36,39-52,54,56-60,62,64-67H2,1-5H3,(H-,71,74,75,76)/p+1/b10-8-,16-14-,22-20-,28-26-,32-31-,35-34-,38-37-,55-53+,63-61+. The summed E-state index contributed by atoms with van der Waals surface area (Å²) in [6.07, 6.45) is 87.9. The first kappa shape index (κ1) is 76.2. The van der Waals surface area contributed by atoms with Crippen molar-refractivity contribution in [3.05, 3.63) is 109 Å². The number of carbonyl (C=O) groups is 1. The molecule has 3 unspecified atom stereocenters. The molecule has 3 atom stereocenters. The predicted octanol–water partition coefficient (Wildman–Crippen LogP) is 20.7. The number of rotatable bonds is 59. The molecule has 3 N–H and O–H groups in total. The average molecular weight is 1120 g/mol. The first-order valence-corrected chi connectivity index (χ1v) is 34.3. The van der Waals surface area contributed by atoms with Crippen LogP contribution in [0.5, 0.6) is 0 Å². The van der Waals surface area contributed by atoms with Gasteiger partial charge in [-0.05, 0) is 89.9 Å². The predicted molar refractivity (Wildman–Crippen MR) is 345 cm³/mol. The molecule has 1 amide bonds. The molecule has 456 valence electrons. The van der Waals surface area contributed by atoms with Crippen molar-refractivity contribution in [1.82, 2.24) is 5.32 Å². The van der Waals surface area contributed by atoms with Crippen LogP contribution < -0.4 is 5.32 Å². The molecule has 0 bridgehead atoms. The Morgan fingerprint density at radius 3 is 1.16 bits per heavy atom. The van der Waals surface area contributed by atoms with Crippen molar-refractivity contribution in [3.8, 4) is 0 Å². The third kappa shape index (κ3) is 62.6. The van der Waals surface area contributed by atoms with Crippen LogP contribution in [0.4, 0.5) is 0 Å². The van der Waals surface area contributed by atoms with Gasteiger partial charge in [0.1, 0.15) is 13.2 Å². The lowest BCUT2D eigenvalue weighted by molar-refractivity contribution is -0.870. The molecule has 0 aliphatic heterocycles. The lowest BCUT2D eigenvalue weighted by Crippen LogP contribution is -2.45. The lowest BCUT2D eigenvalue weighted by Gasteiger charge is -2.25. The summed E-state index contributed by atoms with van der Waals surface area (Å²) >= 11 is 0. The smallest absolute Gasteiger partial charge is 0.387 e. The number of phosphoric acid groups is 1. The summed E-state index contributed by atoms with van der Waals surface area (Å²) in [6, 6.07) is -0.871. The number of phosphoric ester groups is 1. The number of likely N-dealkylation sites (N-methyl/N-ethyl adjacent to an activating group) is 1. The van der Waals surface area contributed by atoms with Gasteiger partial charge in [0.15, 0.2) is 0 Å². The Bertz CT molecular complexity index is 1650.